The zero-order valence-corrected chi connectivity index (χ0v) is 18.4. The zero-order valence-electron chi connectivity index (χ0n) is 18.4. The Labute approximate surface area is 193 Å². The predicted molar refractivity (Wildman–Crippen MR) is 129 cm³/mol. The molecule has 0 unspecified atom stereocenters. The first-order chi connectivity index (χ1) is 16.2. The lowest BCUT2D eigenvalue weighted by atomic mass is 9.96. The fraction of sp³-hybridized carbons (Fsp3) is 0.222. The molecule has 0 radical (unpaired) electrons. The molecule has 33 heavy (non-hydrogen) atoms. The van der Waals surface area contributed by atoms with Crippen LogP contribution in [0.3, 0.4) is 0 Å². The van der Waals surface area contributed by atoms with Crippen LogP contribution in [0.5, 0.6) is 11.5 Å². The molecule has 0 saturated carbocycles. The van der Waals surface area contributed by atoms with Gasteiger partial charge in [-0.1, -0.05) is 24.8 Å². The molecule has 1 saturated heterocycles. The molecule has 0 spiro atoms. The van der Waals surface area contributed by atoms with Gasteiger partial charge in [0.15, 0.2) is 0 Å². The molecule has 5 rings (SSSR count). The molecule has 3 heterocycles. The van der Waals surface area contributed by atoms with E-state index in [1.54, 1.807) is 6.33 Å². The Morgan fingerprint density at radius 1 is 1.00 bits per heavy atom. The van der Waals surface area contributed by atoms with E-state index < -0.39 is 0 Å². The van der Waals surface area contributed by atoms with Crippen LogP contribution in [-0.2, 0) is 11.3 Å². The van der Waals surface area contributed by atoms with Crippen molar-refractivity contribution in [1.82, 2.24) is 19.4 Å². The predicted octanol–water partition coefficient (Wildman–Crippen LogP) is 5.32. The normalized spacial score (nSPS) is 14.4. The Morgan fingerprint density at radius 3 is 2.45 bits per heavy atom. The van der Waals surface area contributed by atoms with Crippen LogP contribution < -0.4 is 4.74 Å². The third kappa shape index (κ3) is 4.51. The maximum atomic E-state index is 11.9. The van der Waals surface area contributed by atoms with Gasteiger partial charge in [-0.2, -0.15) is 0 Å². The van der Waals surface area contributed by atoms with E-state index in [1.807, 2.05) is 65.6 Å². The van der Waals surface area contributed by atoms with Gasteiger partial charge in [-0.05, 0) is 67.3 Å². The summed E-state index contributed by atoms with van der Waals surface area (Å²) in [6.45, 7) is 6.04. The van der Waals surface area contributed by atoms with Crippen molar-refractivity contribution in [2.75, 3.05) is 13.1 Å². The van der Waals surface area contributed by atoms with Crippen molar-refractivity contribution in [2.45, 2.75) is 19.4 Å². The summed E-state index contributed by atoms with van der Waals surface area (Å²) < 4.78 is 8.19. The van der Waals surface area contributed by atoms with Crippen molar-refractivity contribution in [3.63, 3.8) is 0 Å². The summed E-state index contributed by atoms with van der Waals surface area (Å²) >= 11 is 0. The first kappa shape index (κ1) is 20.9. The maximum Gasteiger partial charge on any atom is 0.245 e. The summed E-state index contributed by atoms with van der Waals surface area (Å²) in [7, 11) is 0. The van der Waals surface area contributed by atoms with E-state index in [-0.39, 0.29) is 5.91 Å². The zero-order chi connectivity index (χ0) is 22.6. The number of aromatic nitrogens is 3. The lowest BCUT2D eigenvalue weighted by molar-refractivity contribution is -0.127. The van der Waals surface area contributed by atoms with Gasteiger partial charge in [0.05, 0.1) is 16.7 Å². The van der Waals surface area contributed by atoms with Crippen LogP contribution in [0.4, 0.5) is 0 Å². The van der Waals surface area contributed by atoms with Gasteiger partial charge in [-0.25, -0.2) is 9.97 Å². The van der Waals surface area contributed by atoms with E-state index in [1.165, 1.54) is 6.08 Å². The van der Waals surface area contributed by atoms with Crippen molar-refractivity contribution in [1.29, 1.82) is 0 Å². The molecule has 166 valence electrons. The monoisotopic (exact) mass is 438 g/mol. The number of hydrogen-bond donors (Lipinski definition) is 0. The van der Waals surface area contributed by atoms with Gasteiger partial charge < -0.3 is 14.2 Å². The number of amides is 1. The minimum absolute atomic E-state index is 0.0234. The van der Waals surface area contributed by atoms with Crippen molar-refractivity contribution >= 4 is 16.9 Å². The Balaban J connectivity index is 1.36. The van der Waals surface area contributed by atoms with Crippen LogP contribution in [0, 0.1) is 5.92 Å². The molecule has 1 aliphatic rings. The van der Waals surface area contributed by atoms with E-state index in [9.17, 15) is 4.79 Å². The smallest absolute Gasteiger partial charge is 0.245 e. The molecule has 6 heteroatoms. The molecular formula is C27H26N4O2. The number of hydrogen-bond acceptors (Lipinski definition) is 4. The van der Waals surface area contributed by atoms with Crippen LogP contribution >= 0.6 is 0 Å². The Hall–Kier alpha value is -3.93. The van der Waals surface area contributed by atoms with Gasteiger partial charge >= 0.3 is 0 Å². The van der Waals surface area contributed by atoms with Gasteiger partial charge in [-0.3, -0.25) is 4.79 Å². The molecule has 0 atom stereocenters. The van der Waals surface area contributed by atoms with Crippen molar-refractivity contribution in [3.8, 4) is 22.8 Å². The maximum absolute atomic E-state index is 11.9. The second-order valence-electron chi connectivity index (χ2n) is 8.34. The number of carbonyl (C=O) groups is 1. The molecule has 2 aromatic carbocycles. The Bertz CT molecular complexity index is 1260. The number of fused-ring (bicyclic) bond motifs is 1. The highest BCUT2D eigenvalue weighted by molar-refractivity contribution is 5.90. The summed E-state index contributed by atoms with van der Waals surface area (Å²) in [6, 6.07) is 19.8. The number of benzene rings is 2. The van der Waals surface area contributed by atoms with E-state index in [2.05, 4.69) is 27.3 Å². The molecule has 2 aromatic heterocycles. The van der Waals surface area contributed by atoms with Crippen LogP contribution in [0.2, 0.25) is 0 Å². The van der Waals surface area contributed by atoms with Crippen LogP contribution in [0.15, 0.2) is 85.8 Å². The molecule has 0 N–H and O–H groups in total. The highest BCUT2D eigenvalue weighted by Crippen LogP contribution is 2.30. The summed E-state index contributed by atoms with van der Waals surface area (Å²) in [4.78, 5) is 22.9. The van der Waals surface area contributed by atoms with E-state index in [0.29, 0.717) is 5.92 Å². The van der Waals surface area contributed by atoms with E-state index in [4.69, 9.17) is 4.74 Å². The third-order valence-corrected chi connectivity index (χ3v) is 6.21. The number of para-hydroxylation sites is 1. The lowest BCUT2D eigenvalue weighted by Crippen LogP contribution is -2.38. The number of nitrogens with zero attached hydrogens (tertiary/aromatic N) is 4. The Morgan fingerprint density at radius 2 is 1.73 bits per heavy atom. The summed E-state index contributed by atoms with van der Waals surface area (Å²) in [6.07, 6.45) is 7.08. The molecule has 1 fully saturated rings. The summed E-state index contributed by atoms with van der Waals surface area (Å²) in [5.41, 5.74) is 3.91. The van der Waals surface area contributed by atoms with Crippen LogP contribution in [0.25, 0.3) is 22.3 Å². The van der Waals surface area contributed by atoms with Crippen molar-refractivity contribution in [3.05, 3.63) is 85.8 Å². The molecule has 0 aliphatic carbocycles. The standard InChI is InChI=1S/C27H26N4O2/c1-2-25(32)30-15-12-20(13-16-30)18-31-17-14-24-27(31)26(29-19-28-24)21-8-10-23(11-9-21)33-22-6-4-3-5-7-22/h2-11,14,17,19-20H,1,12-13,15-16,18H2. The number of carbonyl (C=O) groups excluding carboxylic acids is 1. The minimum Gasteiger partial charge on any atom is -0.457 e. The molecule has 1 amide bonds. The average Bonchev–Trinajstić information content (AvgIpc) is 3.28. The van der Waals surface area contributed by atoms with Gasteiger partial charge in [-0.15, -0.1) is 0 Å². The highest BCUT2D eigenvalue weighted by atomic mass is 16.5. The van der Waals surface area contributed by atoms with Gasteiger partial charge in [0, 0.05) is 31.4 Å². The number of likely N-dealkylation sites (tertiary alicyclic amines) is 1. The average molecular weight is 439 g/mol. The summed E-state index contributed by atoms with van der Waals surface area (Å²) in [5.74, 6) is 2.12. The van der Waals surface area contributed by atoms with Crippen molar-refractivity contribution in [2.24, 2.45) is 5.92 Å². The number of piperidine rings is 1. The Kier molecular flexibility index (Phi) is 5.89. The molecule has 4 aromatic rings. The topological polar surface area (TPSA) is 60.2 Å². The van der Waals surface area contributed by atoms with Gasteiger partial charge in [0.25, 0.3) is 0 Å². The fourth-order valence-corrected chi connectivity index (χ4v) is 4.44. The molecular weight excluding hydrogens is 412 g/mol. The second kappa shape index (κ2) is 9.28. The van der Waals surface area contributed by atoms with Gasteiger partial charge in [0.2, 0.25) is 5.91 Å². The first-order valence-electron chi connectivity index (χ1n) is 11.3. The SMILES string of the molecule is C=CC(=O)N1CCC(Cn2ccc3ncnc(-c4ccc(Oc5ccccc5)cc4)c32)CC1. The lowest BCUT2D eigenvalue weighted by Gasteiger charge is -2.31. The fourth-order valence-electron chi connectivity index (χ4n) is 4.44. The minimum atomic E-state index is 0.0234. The quantitative estimate of drug-likeness (QED) is 0.383. The summed E-state index contributed by atoms with van der Waals surface area (Å²) in [5, 5.41) is 0. The van der Waals surface area contributed by atoms with Crippen LogP contribution in [-0.4, -0.2) is 38.4 Å². The third-order valence-electron chi connectivity index (χ3n) is 6.21. The van der Waals surface area contributed by atoms with E-state index >= 15 is 0 Å². The highest BCUT2D eigenvalue weighted by Gasteiger charge is 2.22. The van der Waals surface area contributed by atoms with Crippen LogP contribution in [0.1, 0.15) is 12.8 Å². The van der Waals surface area contributed by atoms with Crippen molar-refractivity contribution < 1.29 is 9.53 Å². The first-order valence-corrected chi connectivity index (χ1v) is 11.3. The molecule has 6 nitrogen and oxygen atoms in total. The molecule has 0 bridgehead atoms. The van der Waals surface area contributed by atoms with Gasteiger partial charge in [0.1, 0.15) is 17.8 Å². The number of rotatable bonds is 6. The van der Waals surface area contributed by atoms with E-state index in [0.717, 1.165) is 66.3 Å². The second-order valence-corrected chi connectivity index (χ2v) is 8.34. The largest absolute Gasteiger partial charge is 0.457 e. The molecule has 1 aliphatic heterocycles. The number of ether oxygens (including phenoxy) is 1.